The maximum Gasteiger partial charge on any atom is 0.0208 e. The van der Waals surface area contributed by atoms with Crippen molar-refractivity contribution in [2.24, 2.45) is 0 Å². The van der Waals surface area contributed by atoms with Gasteiger partial charge in [-0.05, 0) is 47.7 Å². The van der Waals surface area contributed by atoms with Crippen LogP contribution in [0, 0.1) is 6.07 Å². The monoisotopic (exact) mass is 250 g/mol. The van der Waals surface area contributed by atoms with Gasteiger partial charge in [-0.25, -0.2) is 0 Å². The van der Waals surface area contributed by atoms with E-state index in [4.69, 9.17) is 0 Å². The lowest BCUT2D eigenvalue weighted by Crippen LogP contribution is -2.25. The fraction of sp³-hybridized carbons (Fsp3) is 0.333. The van der Waals surface area contributed by atoms with Gasteiger partial charge in [-0.2, -0.15) is 0 Å². The van der Waals surface area contributed by atoms with Gasteiger partial charge in [0, 0.05) is 12.6 Å². The van der Waals surface area contributed by atoms with Crippen molar-refractivity contribution in [1.82, 2.24) is 5.32 Å². The summed E-state index contributed by atoms with van der Waals surface area (Å²) < 4.78 is 0. The molecule has 1 nitrogen and oxygen atoms in total. The lowest BCUT2D eigenvalue weighted by molar-refractivity contribution is 0.524. The van der Waals surface area contributed by atoms with Crippen LogP contribution in [0.2, 0.25) is 0 Å². The summed E-state index contributed by atoms with van der Waals surface area (Å²) in [5.41, 5.74) is 3.89. The molecule has 3 rings (SSSR count). The maximum atomic E-state index is 3.67. The second-order valence-electron chi connectivity index (χ2n) is 5.35. The third-order valence-electron chi connectivity index (χ3n) is 3.92. The zero-order chi connectivity index (χ0) is 12.9. The van der Waals surface area contributed by atoms with E-state index in [1.807, 2.05) is 18.2 Å². The molecule has 1 heteroatoms. The molecule has 1 aliphatic carbocycles. The highest BCUT2D eigenvalue weighted by Gasteiger charge is 2.13. The van der Waals surface area contributed by atoms with Crippen molar-refractivity contribution in [3.8, 4) is 11.1 Å². The Labute approximate surface area is 115 Å². The number of benzene rings is 2. The fourth-order valence-electron chi connectivity index (χ4n) is 2.83. The van der Waals surface area contributed by atoms with Crippen LogP contribution >= 0.6 is 0 Å². The molecule has 1 radical (unpaired) electrons. The van der Waals surface area contributed by atoms with Gasteiger partial charge in [-0.15, -0.1) is 0 Å². The predicted octanol–water partition coefficient (Wildman–Crippen LogP) is 4.19. The second-order valence-corrected chi connectivity index (χ2v) is 5.35. The van der Waals surface area contributed by atoms with Gasteiger partial charge in [-0.1, -0.05) is 49.2 Å². The van der Waals surface area contributed by atoms with Gasteiger partial charge >= 0.3 is 0 Å². The van der Waals surface area contributed by atoms with Gasteiger partial charge in [0.05, 0.1) is 0 Å². The van der Waals surface area contributed by atoms with Gasteiger partial charge < -0.3 is 5.32 Å². The van der Waals surface area contributed by atoms with Crippen LogP contribution in [0.4, 0.5) is 0 Å². The molecule has 0 spiro atoms. The SMILES string of the molecule is [c]1cccc(-c2cccc(CNC3CCCC3)c2)c1. The Hall–Kier alpha value is -1.60. The summed E-state index contributed by atoms with van der Waals surface area (Å²) in [4.78, 5) is 0. The average Bonchev–Trinajstić information content (AvgIpc) is 3.00. The van der Waals surface area contributed by atoms with Gasteiger partial charge in [0.2, 0.25) is 0 Å². The van der Waals surface area contributed by atoms with E-state index in [1.54, 1.807) is 0 Å². The van der Waals surface area contributed by atoms with Crippen LogP contribution in [0.5, 0.6) is 0 Å². The average molecular weight is 250 g/mol. The first-order chi connectivity index (χ1) is 9.42. The molecule has 0 saturated heterocycles. The van der Waals surface area contributed by atoms with E-state index in [9.17, 15) is 0 Å². The molecule has 1 aliphatic rings. The van der Waals surface area contributed by atoms with Crippen molar-refractivity contribution in [2.45, 2.75) is 38.3 Å². The maximum absolute atomic E-state index is 3.67. The Morgan fingerprint density at radius 2 is 1.89 bits per heavy atom. The van der Waals surface area contributed by atoms with Crippen LogP contribution < -0.4 is 5.32 Å². The number of rotatable bonds is 4. The van der Waals surface area contributed by atoms with Gasteiger partial charge in [0.15, 0.2) is 0 Å². The Balaban J connectivity index is 1.69. The smallest absolute Gasteiger partial charge is 0.0208 e. The van der Waals surface area contributed by atoms with Crippen LogP contribution in [-0.2, 0) is 6.54 Å². The topological polar surface area (TPSA) is 12.0 Å². The molecule has 2 aromatic rings. The molecule has 19 heavy (non-hydrogen) atoms. The molecule has 0 heterocycles. The van der Waals surface area contributed by atoms with Crippen molar-refractivity contribution in [1.29, 1.82) is 0 Å². The molecule has 0 aromatic heterocycles. The summed E-state index contributed by atoms with van der Waals surface area (Å²) in [6.45, 7) is 0.981. The summed E-state index contributed by atoms with van der Waals surface area (Å²) in [7, 11) is 0. The van der Waals surface area contributed by atoms with Crippen molar-refractivity contribution in [2.75, 3.05) is 0 Å². The van der Waals surface area contributed by atoms with Crippen LogP contribution in [0.1, 0.15) is 31.2 Å². The molecule has 1 fully saturated rings. The van der Waals surface area contributed by atoms with E-state index in [1.165, 1.54) is 42.4 Å². The lowest BCUT2D eigenvalue weighted by Gasteiger charge is -2.12. The minimum Gasteiger partial charge on any atom is -0.310 e. The molecular formula is C18H20N. The molecule has 1 saturated carbocycles. The zero-order valence-electron chi connectivity index (χ0n) is 11.2. The summed E-state index contributed by atoms with van der Waals surface area (Å²) >= 11 is 0. The third kappa shape index (κ3) is 3.24. The van der Waals surface area contributed by atoms with E-state index >= 15 is 0 Å². The summed E-state index contributed by atoms with van der Waals surface area (Å²) in [5, 5.41) is 3.67. The Kier molecular flexibility index (Phi) is 3.95. The molecule has 1 N–H and O–H groups in total. The molecule has 0 amide bonds. The second kappa shape index (κ2) is 6.03. The van der Waals surface area contributed by atoms with E-state index in [0.717, 1.165) is 12.6 Å². The molecule has 0 bridgehead atoms. The first kappa shape index (κ1) is 12.4. The number of hydrogen-bond donors (Lipinski definition) is 1. The van der Waals surface area contributed by atoms with Crippen molar-refractivity contribution in [3.63, 3.8) is 0 Å². The molecule has 0 unspecified atom stereocenters. The van der Waals surface area contributed by atoms with Crippen LogP contribution in [-0.4, -0.2) is 6.04 Å². The Bertz CT molecular complexity index is 512. The van der Waals surface area contributed by atoms with E-state index in [2.05, 4.69) is 41.7 Å². The molecular weight excluding hydrogens is 230 g/mol. The Morgan fingerprint density at radius 1 is 1.05 bits per heavy atom. The first-order valence-corrected chi connectivity index (χ1v) is 7.21. The van der Waals surface area contributed by atoms with E-state index in [-0.39, 0.29) is 0 Å². The fourth-order valence-corrected chi connectivity index (χ4v) is 2.83. The highest BCUT2D eigenvalue weighted by molar-refractivity contribution is 5.63. The summed E-state index contributed by atoms with van der Waals surface area (Å²) in [6, 6.07) is 20.8. The minimum absolute atomic E-state index is 0.730. The number of hydrogen-bond acceptors (Lipinski definition) is 1. The standard InChI is InChI=1S/C18H20N/c1-2-8-16(9-3-1)17-10-6-7-15(13-17)14-19-18-11-4-5-12-18/h1-2,6-10,13,18-19H,4-5,11-12,14H2. The van der Waals surface area contributed by atoms with Crippen molar-refractivity contribution >= 4 is 0 Å². The first-order valence-electron chi connectivity index (χ1n) is 7.21. The normalized spacial score (nSPS) is 15.8. The van der Waals surface area contributed by atoms with Crippen LogP contribution in [0.25, 0.3) is 11.1 Å². The molecule has 2 aromatic carbocycles. The largest absolute Gasteiger partial charge is 0.310 e. The molecule has 97 valence electrons. The van der Waals surface area contributed by atoms with Crippen LogP contribution in [0.15, 0.2) is 48.5 Å². The summed E-state index contributed by atoms with van der Waals surface area (Å²) in [5.74, 6) is 0. The molecule has 0 atom stereocenters. The van der Waals surface area contributed by atoms with E-state index in [0.29, 0.717) is 0 Å². The van der Waals surface area contributed by atoms with Crippen molar-refractivity contribution in [3.05, 3.63) is 60.2 Å². The van der Waals surface area contributed by atoms with Crippen LogP contribution in [0.3, 0.4) is 0 Å². The highest BCUT2D eigenvalue weighted by atomic mass is 14.9. The van der Waals surface area contributed by atoms with Gasteiger partial charge in [-0.3, -0.25) is 0 Å². The number of nitrogens with one attached hydrogen (secondary N) is 1. The Morgan fingerprint density at radius 3 is 2.68 bits per heavy atom. The predicted molar refractivity (Wildman–Crippen MR) is 79.8 cm³/mol. The highest BCUT2D eigenvalue weighted by Crippen LogP contribution is 2.21. The molecule has 0 aliphatic heterocycles. The third-order valence-corrected chi connectivity index (χ3v) is 3.92. The quantitative estimate of drug-likeness (QED) is 0.858. The lowest BCUT2D eigenvalue weighted by atomic mass is 10.0. The van der Waals surface area contributed by atoms with Crippen molar-refractivity contribution < 1.29 is 0 Å². The van der Waals surface area contributed by atoms with Gasteiger partial charge in [0.1, 0.15) is 0 Å². The minimum atomic E-state index is 0.730. The zero-order valence-corrected chi connectivity index (χ0v) is 11.2. The summed E-state index contributed by atoms with van der Waals surface area (Å²) in [6.07, 6.45) is 5.45. The van der Waals surface area contributed by atoms with E-state index < -0.39 is 0 Å². The van der Waals surface area contributed by atoms with Gasteiger partial charge in [0.25, 0.3) is 0 Å².